The first-order valence-electron chi connectivity index (χ1n) is 5.59. The minimum absolute atomic E-state index is 0.207. The highest BCUT2D eigenvalue weighted by molar-refractivity contribution is 7.80. The van der Waals surface area contributed by atoms with Gasteiger partial charge in [-0.2, -0.15) is 0 Å². The number of carbonyl (C=O) groups excluding carboxylic acids is 1. The number of hydrogen-bond acceptors (Lipinski definition) is 4. The van der Waals surface area contributed by atoms with Crippen LogP contribution >= 0.6 is 12.2 Å². The molecule has 0 aliphatic heterocycles. The van der Waals surface area contributed by atoms with Gasteiger partial charge >= 0.3 is 0 Å². The van der Waals surface area contributed by atoms with Crippen LogP contribution in [0.5, 0.6) is 0 Å². The summed E-state index contributed by atoms with van der Waals surface area (Å²) in [4.78, 5) is 12.2. The van der Waals surface area contributed by atoms with Crippen LogP contribution in [0.15, 0.2) is 30.6 Å². The molecule has 7 heteroatoms. The van der Waals surface area contributed by atoms with E-state index in [2.05, 4.69) is 15.5 Å². The van der Waals surface area contributed by atoms with Crippen LogP contribution in [0, 0.1) is 0 Å². The van der Waals surface area contributed by atoms with Crippen molar-refractivity contribution < 1.29 is 4.79 Å². The Balaban J connectivity index is 2.06. The number of nitrogens with two attached hydrogens (primary N) is 1. The predicted octanol–water partition coefficient (Wildman–Crippen LogP) is 0.379. The van der Waals surface area contributed by atoms with Crippen molar-refractivity contribution in [2.75, 3.05) is 0 Å². The third kappa shape index (κ3) is 3.14. The van der Waals surface area contributed by atoms with Gasteiger partial charge in [-0.1, -0.05) is 24.4 Å². The van der Waals surface area contributed by atoms with E-state index in [1.54, 1.807) is 35.2 Å². The summed E-state index contributed by atoms with van der Waals surface area (Å²) in [5, 5.41) is 10.4. The van der Waals surface area contributed by atoms with Gasteiger partial charge in [-0.25, -0.2) is 0 Å². The highest BCUT2D eigenvalue weighted by Crippen LogP contribution is 2.05. The summed E-state index contributed by atoms with van der Waals surface area (Å²) in [6.07, 6.45) is 1.58. The number of thiocarbonyl (C=S) groups is 1. The van der Waals surface area contributed by atoms with E-state index < -0.39 is 0 Å². The standard InChI is InChI=1S/C12H13N5OS/c1-17-7-15-16-10(17)6-14-12(18)9-4-2-3-8(5-9)11(13)19/h2-5,7H,6H2,1H3,(H2,13,19)(H,14,18). The molecule has 0 atom stereocenters. The van der Waals surface area contributed by atoms with E-state index >= 15 is 0 Å². The first-order valence-corrected chi connectivity index (χ1v) is 5.99. The first kappa shape index (κ1) is 13.2. The molecule has 1 heterocycles. The second-order valence-corrected chi connectivity index (χ2v) is 4.43. The summed E-state index contributed by atoms with van der Waals surface area (Å²) in [7, 11) is 1.81. The van der Waals surface area contributed by atoms with Crippen LogP contribution in [-0.2, 0) is 13.6 Å². The van der Waals surface area contributed by atoms with Gasteiger partial charge in [0.15, 0.2) is 5.82 Å². The average molecular weight is 275 g/mol. The summed E-state index contributed by atoms with van der Waals surface area (Å²) in [6, 6.07) is 6.87. The molecule has 1 aromatic carbocycles. The Labute approximate surface area is 115 Å². The number of hydrogen-bond donors (Lipinski definition) is 2. The quantitative estimate of drug-likeness (QED) is 0.788. The molecule has 19 heavy (non-hydrogen) atoms. The Morgan fingerprint density at radius 3 is 2.84 bits per heavy atom. The van der Waals surface area contributed by atoms with Gasteiger partial charge in [0.05, 0.1) is 6.54 Å². The van der Waals surface area contributed by atoms with Crippen molar-refractivity contribution >= 4 is 23.1 Å². The lowest BCUT2D eigenvalue weighted by Crippen LogP contribution is -2.24. The number of nitrogens with zero attached hydrogens (tertiary/aromatic N) is 3. The Bertz CT molecular complexity index is 622. The van der Waals surface area contributed by atoms with Gasteiger partial charge in [0.25, 0.3) is 5.91 Å². The van der Waals surface area contributed by atoms with E-state index in [1.807, 2.05) is 7.05 Å². The predicted molar refractivity (Wildman–Crippen MR) is 74.5 cm³/mol. The molecular weight excluding hydrogens is 262 g/mol. The van der Waals surface area contributed by atoms with Gasteiger partial charge in [-0.15, -0.1) is 10.2 Å². The molecule has 0 aliphatic carbocycles. The van der Waals surface area contributed by atoms with Gasteiger partial charge in [-0.05, 0) is 12.1 Å². The summed E-state index contributed by atoms with van der Waals surface area (Å²) in [5.41, 5.74) is 6.71. The number of aromatic nitrogens is 3. The Kier molecular flexibility index (Phi) is 3.86. The zero-order valence-corrected chi connectivity index (χ0v) is 11.1. The number of carbonyl (C=O) groups is 1. The van der Waals surface area contributed by atoms with E-state index in [0.29, 0.717) is 23.5 Å². The summed E-state index contributed by atoms with van der Waals surface area (Å²) >= 11 is 4.88. The topological polar surface area (TPSA) is 85.8 Å². The van der Waals surface area contributed by atoms with Crippen LogP contribution in [0.25, 0.3) is 0 Å². The maximum Gasteiger partial charge on any atom is 0.251 e. The third-order valence-corrected chi connectivity index (χ3v) is 2.86. The molecule has 0 spiro atoms. The van der Waals surface area contributed by atoms with Crippen molar-refractivity contribution in [3.63, 3.8) is 0 Å². The highest BCUT2D eigenvalue weighted by atomic mass is 32.1. The first-order chi connectivity index (χ1) is 9.08. The molecule has 0 aliphatic rings. The second kappa shape index (κ2) is 5.57. The molecule has 2 rings (SSSR count). The van der Waals surface area contributed by atoms with Crippen molar-refractivity contribution in [2.24, 2.45) is 12.8 Å². The van der Waals surface area contributed by atoms with Crippen molar-refractivity contribution in [2.45, 2.75) is 6.54 Å². The number of aryl methyl sites for hydroxylation is 1. The van der Waals surface area contributed by atoms with Crippen LogP contribution in [-0.4, -0.2) is 25.7 Å². The van der Waals surface area contributed by atoms with E-state index in [9.17, 15) is 4.79 Å². The molecule has 0 bridgehead atoms. The lowest BCUT2D eigenvalue weighted by molar-refractivity contribution is 0.0949. The summed E-state index contributed by atoms with van der Waals surface area (Å²) in [6.45, 7) is 0.312. The largest absolute Gasteiger partial charge is 0.389 e. The third-order valence-electron chi connectivity index (χ3n) is 2.62. The van der Waals surface area contributed by atoms with Crippen LogP contribution in [0.4, 0.5) is 0 Å². The fraction of sp³-hybridized carbons (Fsp3) is 0.167. The number of benzene rings is 1. The maximum atomic E-state index is 12.0. The minimum atomic E-state index is -0.207. The molecule has 1 amide bonds. The number of amides is 1. The molecule has 0 saturated heterocycles. The monoisotopic (exact) mass is 275 g/mol. The molecule has 0 fully saturated rings. The normalized spacial score (nSPS) is 10.2. The Morgan fingerprint density at radius 2 is 2.21 bits per heavy atom. The maximum absolute atomic E-state index is 12.0. The SMILES string of the molecule is Cn1cnnc1CNC(=O)c1cccc(C(N)=S)c1. The van der Waals surface area contributed by atoms with Gasteiger partial charge in [-0.3, -0.25) is 4.79 Å². The number of rotatable bonds is 4. The van der Waals surface area contributed by atoms with Crippen molar-refractivity contribution in [3.05, 3.63) is 47.5 Å². The summed E-state index contributed by atoms with van der Waals surface area (Å²) < 4.78 is 1.74. The number of nitrogens with one attached hydrogen (secondary N) is 1. The Morgan fingerprint density at radius 1 is 1.47 bits per heavy atom. The van der Waals surface area contributed by atoms with Crippen LogP contribution in [0.2, 0.25) is 0 Å². The lowest BCUT2D eigenvalue weighted by Gasteiger charge is -2.06. The average Bonchev–Trinajstić information content (AvgIpc) is 2.81. The fourth-order valence-electron chi connectivity index (χ4n) is 1.54. The van der Waals surface area contributed by atoms with E-state index in [4.69, 9.17) is 18.0 Å². The Hall–Kier alpha value is -2.28. The molecule has 1 aromatic heterocycles. The van der Waals surface area contributed by atoms with Crippen molar-refractivity contribution in [1.29, 1.82) is 0 Å². The second-order valence-electron chi connectivity index (χ2n) is 3.99. The molecule has 2 aromatic rings. The van der Waals surface area contributed by atoms with Gasteiger partial charge in [0.1, 0.15) is 11.3 Å². The summed E-state index contributed by atoms with van der Waals surface area (Å²) in [5.74, 6) is 0.472. The molecule has 0 unspecified atom stereocenters. The molecular formula is C12H13N5OS. The van der Waals surface area contributed by atoms with Crippen LogP contribution < -0.4 is 11.1 Å². The van der Waals surface area contributed by atoms with Crippen molar-refractivity contribution in [3.8, 4) is 0 Å². The van der Waals surface area contributed by atoms with Gasteiger partial charge < -0.3 is 15.6 Å². The molecule has 0 saturated carbocycles. The zero-order chi connectivity index (χ0) is 13.8. The van der Waals surface area contributed by atoms with Gasteiger partial charge in [0.2, 0.25) is 0 Å². The smallest absolute Gasteiger partial charge is 0.251 e. The highest BCUT2D eigenvalue weighted by Gasteiger charge is 2.08. The molecule has 0 radical (unpaired) electrons. The minimum Gasteiger partial charge on any atom is -0.389 e. The fourth-order valence-corrected chi connectivity index (χ4v) is 1.67. The van der Waals surface area contributed by atoms with E-state index in [0.717, 1.165) is 0 Å². The van der Waals surface area contributed by atoms with E-state index in [1.165, 1.54) is 0 Å². The molecule has 6 nitrogen and oxygen atoms in total. The zero-order valence-electron chi connectivity index (χ0n) is 10.3. The molecule has 3 N–H and O–H groups in total. The molecule has 98 valence electrons. The van der Waals surface area contributed by atoms with Crippen LogP contribution in [0.3, 0.4) is 0 Å². The van der Waals surface area contributed by atoms with Crippen LogP contribution in [0.1, 0.15) is 21.7 Å². The van der Waals surface area contributed by atoms with E-state index in [-0.39, 0.29) is 10.9 Å². The van der Waals surface area contributed by atoms with Crippen molar-refractivity contribution in [1.82, 2.24) is 20.1 Å². The van der Waals surface area contributed by atoms with Gasteiger partial charge in [0, 0.05) is 18.2 Å². The lowest BCUT2D eigenvalue weighted by atomic mass is 10.1.